The zero-order valence-electron chi connectivity index (χ0n) is 17.5. The molecule has 0 fully saturated rings. The van der Waals surface area contributed by atoms with E-state index in [0.29, 0.717) is 0 Å². The minimum Gasteiger partial charge on any atom is -0.356 e. The SMILES string of the molecule is CN=C(NCCCc1nnc2n1CCCCC2)NCc1c(C)nn(C)c1C.I. The number of nitrogens with one attached hydrogen (secondary N) is 2. The van der Waals surface area contributed by atoms with Gasteiger partial charge in [0.05, 0.1) is 5.69 Å². The molecule has 9 heteroatoms. The normalized spacial score (nSPS) is 14.2. The summed E-state index contributed by atoms with van der Waals surface area (Å²) in [6.07, 6.45) is 6.77. The van der Waals surface area contributed by atoms with E-state index in [2.05, 4.69) is 42.4 Å². The van der Waals surface area contributed by atoms with Crippen LogP contribution in [0, 0.1) is 13.8 Å². The molecule has 0 bridgehead atoms. The predicted octanol–water partition coefficient (Wildman–Crippen LogP) is 2.27. The quantitative estimate of drug-likeness (QED) is 0.275. The molecule has 0 aliphatic carbocycles. The molecule has 0 atom stereocenters. The van der Waals surface area contributed by atoms with Crippen LogP contribution in [0.4, 0.5) is 0 Å². The molecule has 156 valence electrons. The molecule has 0 saturated carbocycles. The predicted molar refractivity (Wildman–Crippen MR) is 122 cm³/mol. The van der Waals surface area contributed by atoms with Gasteiger partial charge in [-0.2, -0.15) is 5.10 Å². The first-order chi connectivity index (χ1) is 13.1. The van der Waals surface area contributed by atoms with Crippen LogP contribution in [0.25, 0.3) is 0 Å². The second kappa shape index (κ2) is 10.8. The van der Waals surface area contributed by atoms with Crippen molar-refractivity contribution in [3.63, 3.8) is 0 Å². The summed E-state index contributed by atoms with van der Waals surface area (Å²) in [6.45, 7) is 6.78. The average Bonchev–Trinajstić information content (AvgIpc) is 3.03. The van der Waals surface area contributed by atoms with E-state index >= 15 is 0 Å². The second-order valence-electron chi connectivity index (χ2n) is 7.22. The van der Waals surface area contributed by atoms with Gasteiger partial charge in [0.1, 0.15) is 11.6 Å². The van der Waals surface area contributed by atoms with Crippen molar-refractivity contribution in [3.05, 3.63) is 28.6 Å². The highest BCUT2D eigenvalue weighted by molar-refractivity contribution is 14.0. The molecule has 0 spiro atoms. The van der Waals surface area contributed by atoms with Crippen LogP contribution in [0.1, 0.15) is 54.3 Å². The van der Waals surface area contributed by atoms with Crippen LogP contribution < -0.4 is 10.6 Å². The Morgan fingerprint density at radius 1 is 1.14 bits per heavy atom. The molecule has 2 aromatic rings. The van der Waals surface area contributed by atoms with Crippen molar-refractivity contribution in [1.29, 1.82) is 0 Å². The molecule has 3 rings (SSSR count). The standard InChI is InChI=1S/C19H32N8.HI/c1-14-16(15(2)26(4)25-14)13-22-19(20-3)21-11-8-10-18-24-23-17-9-6-5-7-12-27(17)18;/h5-13H2,1-4H3,(H2,20,21,22);1H. The molecule has 0 saturated heterocycles. The van der Waals surface area contributed by atoms with Gasteiger partial charge in [0.15, 0.2) is 5.96 Å². The van der Waals surface area contributed by atoms with Crippen LogP contribution in [-0.2, 0) is 33.0 Å². The molecular formula is C19H33IN8. The van der Waals surface area contributed by atoms with Gasteiger partial charge >= 0.3 is 0 Å². The smallest absolute Gasteiger partial charge is 0.191 e. The third-order valence-corrected chi connectivity index (χ3v) is 5.37. The molecule has 2 aromatic heterocycles. The van der Waals surface area contributed by atoms with Crippen molar-refractivity contribution in [1.82, 2.24) is 35.2 Å². The minimum atomic E-state index is 0. The number of hydrogen-bond acceptors (Lipinski definition) is 4. The summed E-state index contributed by atoms with van der Waals surface area (Å²) in [5.41, 5.74) is 3.47. The van der Waals surface area contributed by atoms with Crippen molar-refractivity contribution in [2.75, 3.05) is 13.6 Å². The molecule has 0 amide bonds. The second-order valence-corrected chi connectivity index (χ2v) is 7.22. The summed E-state index contributed by atoms with van der Waals surface area (Å²) in [6, 6.07) is 0. The Hall–Kier alpha value is -1.65. The van der Waals surface area contributed by atoms with E-state index in [1.54, 1.807) is 7.05 Å². The van der Waals surface area contributed by atoms with Crippen molar-refractivity contribution in [3.8, 4) is 0 Å². The van der Waals surface area contributed by atoms with Crippen molar-refractivity contribution in [2.24, 2.45) is 12.0 Å². The van der Waals surface area contributed by atoms with Crippen LogP contribution in [-0.4, -0.2) is 44.1 Å². The zero-order chi connectivity index (χ0) is 19.2. The van der Waals surface area contributed by atoms with Crippen LogP contribution >= 0.6 is 24.0 Å². The Morgan fingerprint density at radius 3 is 2.68 bits per heavy atom. The number of hydrogen-bond donors (Lipinski definition) is 2. The lowest BCUT2D eigenvalue weighted by molar-refractivity contribution is 0.594. The van der Waals surface area contributed by atoms with Gasteiger partial charge < -0.3 is 15.2 Å². The van der Waals surface area contributed by atoms with Gasteiger partial charge in [-0.1, -0.05) is 6.42 Å². The van der Waals surface area contributed by atoms with E-state index in [-0.39, 0.29) is 24.0 Å². The van der Waals surface area contributed by atoms with Crippen LogP contribution in [0.2, 0.25) is 0 Å². The van der Waals surface area contributed by atoms with E-state index in [1.807, 2.05) is 18.7 Å². The molecule has 0 radical (unpaired) electrons. The van der Waals surface area contributed by atoms with Gasteiger partial charge in [-0.25, -0.2) is 0 Å². The summed E-state index contributed by atoms with van der Waals surface area (Å²) in [4.78, 5) is 4.32. The number of aliphatic imine (C=N–C) groups is 1. The fraction of sp³-hybridized carbons (Fsp3) is 0.684. The molecule has 3 heterocycles. The number of rotatable bonds is 6. The fourth-order valence-electron chi connectivity index (χ4n) is 3.65. The van der Waals surface area contributed by atoms with E-state index in [9.17, 15) is 0 Å². The molecular weight excluding hydrogens is 467 g/mol. The maximum atomic E-state index is 4.46. The lowest BCUT2D eigenvalue weighted by Crippen LogP contribution is -2.37. The number of halogens is 1. The number of guanidine groups is 1. The first-order valence-electron chi connectivity index (χ1n) is 9.94. The Kier molecular flexibility index (Phi) is 8.71. The monoisotopic (exact) mass is 500 g/mol. The molecule has 2 N–H and O–H groups in total. The van der Waals surface area contributed by atoms with Gasteiger partial charge in [-0.05, 0) is 33.1 Å². The highest BCUT2D eigenvalue weighted by Gasteiger charge is 2.14. The summed E-state index contributed by atoms with van der Waals surface area (Å²) in [5, 5.41) is 20.0. The summed E-state index contributed by atoms with van der Waals surface area (Å²) >= 11 is 0. The Morgan fingerprint density at radius 2 is 1.96 bits per heavy atom. The largest absolute Gasteiger partial charge is 0.356 e. The third kappa shape index (κ3) is 5.45. The number of nitrogens with zero attached hydrogens (tertiary/aromatic N) is 6. The summed E-state index contributed by atoms with van der Waals surface area (Å²) in [5.74, 6) is 3.10. The summed E-state index contributed by atoms with van der Waals surface area (Å²) < 4.78 is 4.25. The fourth-order valence-corrected chi connectivity index (χ4v) is 3.65. The number of fused-ring (bicyclic) bond motifs is 1. The van der Waals surface area contributed by atoms with E-state index in [4.69, 9.17) is 0 Å². The number of aryl methyl sites for hydroxylation is 4. The van der Waals surface area contributed by atoms with Crippen molar-refractivity contribution >= 4 is 29.9 Å². The molecule has 28 heavy (non-hydrogen) atoms. The first kappa shape index (κ1) is 22.6. The lowest BCUT2D eigenvalue weighted by atomic mass is 10.2. The average molecular weight is 500 g/mol. The van der Waals surface area contributed by atoms with Crippen molar-refractivity contribution < 1.29 is 0 Å². The van der Waals surface area contributed by atoms with Crippen LogP contribution in [0.5, 0.6) is 0 Å². The van der Waals surface area contributed by atoms with Crippen LogP contribution in [0.15, 0.2) is 4.99 Å². The lowest BCUT2D eigenvalue weighted by Gasteiger charge is -2.12. The Labute approximate surface area is 184 Å². The topological polar surface area (TPSA) is 84.9 Å². The third-order valence-electron chi connectivity index (χ3n) is 5.37. The van der Waals surface area contributed by atoms with E-state index in [0.717, 1.165) is 62.2 Å². The van der Waals surface area contributed by atoms with Gasteiger partial charge in [-0.3, -0.25) is 9.67 Å². The van der Waals surface area contributed by atoms with Gasteiger partial charge in [0, 0.05) is 57.8 Å². The zero-order valence-corrected chi connectivity index (χ0v) is 19.8. The van der Waals surface area contributed by atoms with Crippen LogP contribution in [0.3, 0.4) is 0 Å². The van der Waals surface area contributed by atoms with E-state index in [1.165, 1.54) is 30.5 Å². The van der Waals surface area contributed by atoms with Gasteiger partial charge in [0.25, 0.3) is 0 Å². The van der Waals surface area contributed by atoms with Gasteiger partial charge in [0.2, 0.25) is 0 Å². The molecule has 8 nitrogen and oxygen atoms in total. The maximum absolute atomic E-state index is 4.46. The molecule has 0 aromatic carbocycles. The first-order valence-corrected chi connectivity index (χ1v) is 9.94. The Balaban J connectivity index is 0.00000280. The summed E-state index contributed by atoms with van der Waals surface area (Å²) in [7, 11) is 3.78. The van der Waals surface area contributed by atoms with E-state index < -0.39 is 0 Å². The molecule has 0 unspecified atom stereocenters. The Bertz CT molecular complexity index is 792. The number of aromatic nitrogens is 5. The molecule has 1 aliphatic rings. The maximum Gasteiger partial charge on any atom is 0.191 e. The molecule has 1 aliphatic heterocycles. The minimum absolute atomic E-state index is 0. The highest BCUT2D eigenvalue weighted by atomic mass is 127. The van der Waals surface area contributed by atoms with Crippen molar-refractivity contribution in [2.45, 2.75) is 65.5 Å². The highest BCUT2D eigenvalue weighted by Crippen LogP contribution is 2.15. The van der Waals surface area contributed by atoms with Gasteiger partial charge in [-0.15, -0.1) is 34.2 Å².